The van der Waals surface area contributed by atoms with Gasteiger partial charge in [0.15, 0.2) is 5.76 Å². The van der Waals surface area contributed by atoms with Crippen molar-refractivity contribution in [1.82, 2.24) is 25.0 Å². The number of pyridine rings is 1. The molecule has 0 aliphatic carbocycles. The summed E-state index contributed by atoms with van der Waals surface area (Å²) in [5.41, 5.74) is 0.428. The van der Waals surface area contributed by atoms with Crippen LogP contribution in [0.4, 0.5) is 0 Å². The van der Waals surface area contributed by atoms with Crippen molar-refractivity contribution in [3.05, 3.63) is 53.7 Å². The molecule has 0 spiro atoms. The van der Waals surface area contributed by atoms with Crippen LogP contribution in [0.15, 0.2) is 41.0 Å². The Kier molecular flexibility index (Phi) is 6.61. The van der Waals surface area contributed by atoms with Crippen molar-refractivity contribution in [3.8, 4) is 0 Å². The van der Waals surface area contributed by atoms with Gasteiger partial charge < -0.3 is 24.4 Å². The second-order valence-electron chi connectivity index (χ2n) is 7.03. The minimum Gasteiger partial charge on any atom is -0.459 e. The van der Waals surface area contributed by atoms with E-state index in [0.717, 1.165) is 0 Å². The molecule has 9 nitrogen and oxygen atoms in total. The van der Waals surface area contributed by atoms with Gasteiger partial charge in [-0.25, -0.2) is 4.98 Å². The molecule has 3 amide bonds. The number of hydrogen-bond donors (Lipinski definition) is 1. The Bertz CT molecular complexity index is 858. The summed E-state index contributed by atoms with van der Waals surface area (Å²) in [6.45, 7) is 2.83. The molecule has 3 rings (SSSR count). The summed E-state index contributed by atoms with van der Waals surface area (Å²) in [7, 11) is 3.84. The largest absolute Gasteiger partial charge is 0.459 e. The first kappa shape index (κ1) is 20.5. The molecule has 0 aromatic carbocycles. The number of furan rings is 1. The number of amides is 3. The van der Waals surface area contributed by atoms with Crippen molar-refractivity contribution in [1.29, 1.82) is 0 Å². The molecule has 2 aromatic rings. The van der Waals surface area contributed by atoms with Gasteiger partial charge in [-0.2, -0.15) is 0 Å². The molecular formula is C20H25N5O4. The third-order valence-corrected chi connectivity index (χ3v) is 4.63. The van der Waals surface area contributed by atoms with Gasteiger partial charge in [0.2, 0.25) is 0 Å². The monoisotopic (exact) mass is 399 g/mol. The summed E-state index contributed by atoms with van der Waals surface area (Å²) >= 11 is 0. The highest BCUT2D eigenvalue weighted by molar-refractivity contribution is 5.96. The molecule has 0 unspecified atom stereocenters. The van der Waals surface area contributed by atoms with Crippen LogP contribution in [0.2, 0.25) is 0 Å². The second kappa shape index (κ2) is 9.33. The van der Waals surface area contributed by atoms with Gasteiger partial charge >= 0.3 is 0 Å². The Morgan fingerprint density at radius 3 is 2.28 bits per heavy atom. The standard InChI is InChI=1S/C20H25N5O4/c1-23(2)9-8-21-18(26)15-5-3-6-16(22-15)19(27)24-10-12-25(13-11-24)20(28)17-7-4-14-29-17/h3-7,14H,8-13H2,1-2H3,(H,21,26). The van der Waals surface area contributed by atoms with Crippen LogP contribution in [0.25, 0.3) is 0 Å². The van der Waals surface area contributed by atoms with E-state index >= 15 is 0 Å². The molecule has 0 saturated carbocycles. The molecule has 29 heavy (non-hydrogen) atoms. The maximum Gasteiger partial charge on any atom is 0.289 e. The predicted molar refractivity (Wildman–Crippen MR) is 106 cm³/mol. The van der Waals surface area contributed by atoms with Gasteiger partial charge in [-0.3, -0.25) is 14.4 Å². The molecule has 1 fully saturated rings. The first-order chi connectivity index (χ1) is 14.0. The van der Waals surface area contributed by atoms with Crippen LogP contribution in [-0.2, 0) is 0 Å². The average molecular weight is 399 g/mol. The van der Waals surface area contributed by atoms with E-state index < -0.39 is 0 Å². The lowest BCUT2D eigenvalue weighted by Crippen LogP contribution is -2.50. The number of aromatic nitrogens is 1. The molecule has 1 aliphatic rings. The number of hydrogen-bond acceptors (Lipinski definition) is 6. The molecular weight excluding hydrogens is 374 g/mol. The van der Waals surface area contributed by atoms with Crippen molar-refractivity contribution in [2.45, 2.75) is 0 Å². The zero-order valence-corrected chi connectivity index (χ0v) is 16.6. The maximum absolute atomic E-state index is 12.8. The smallest absolute Gasteiger partial charge is 0.289 e. The summed E-state index contributed by atoms with van der Waals surface area (Å²) in [6, 6.07) is 8.13. The fraction of sp³-hybridized carbons (Fsp3) is 0.400. The van der Waals surface area contributed by atoms with E-state index in [0.29, 0.717) is 45.0 Å². The highest BCUT2D eigenvalue weighted by atomic mass is 16.3. The molecule has 1 aliphatic heterocycles. The first-order valence-corrected chi connectivity index (χ1v) is 9.48. The highest BCUT2D eigenvalue weighted by Gasteiger charge is 2.27. The minimum atomic E-state index is -0.310. The molecule has 0 atom stereocenters. The SMILES string of the molecule is CN(C)CCNC(=O)c1cccc(C(=O)N2CCN(C(=O)c3ccco3)CC2)n1. The summed E-state index contributed by atoms with van der Waals surface area (Å²) in [4.78, 5) is 46.8. The summed E-state index contributed by atoms with van der Waals surface area (Å²) < 4.78 is 5.15. The first-order valence-electron chi connectivity index (χ1n) is 9.48. The van der Waals surface area contributed by atoms with Gasteiger partial charge in [0.05, 0.1) is 6.26 Å². The van der Waals surface area contributed by atoms with E-state index in [-0.39, 0.29) is 29.1 Å². The molecule has 2 aromatic heterocycles. The van der Waals surface area contributed by atoms with Crippen molar-refractivity contribution >= 4 is 17.7 Å². The highest BCUT2D eigenvalue weighted by Crippen LogP contribution is 2.12. The van der Waals surface area contributed by atoms with Crippen LogP contribution in [-0.4, -0.2) is 90.8 Å². The second-order valence-corrected chi connectivity index (χ2v) is 7.03. The van der Waals surface area contributed by atoms with Crippen LogP contribution in [0.3, 0.4) is 0 Å². The third kappa shape index (κ3) is 5.20. The number of nitrogens with one attached hydrogen (secondary N) is 1. The molecule has 9 heteroatoms. The molecule has 1 saturated heterocycles. The topological polar surface area (TPSA) is 99.0 Å². The van der Waals surface area contributed by atoms with Crippen molar-refractivity contribution in [3.63, 3.8) is 0 Å². The fourth-order valence-electron chi connectivity index (χ4n) is 2.99. The van der Waals surface area contributed by atoms with Gasteiger partial charge in [0.25, 0.3) is 17.7 Å². The Balaban J connectivity index is 1.57. The Labute approximate surface area is 169 Å². The number of nitrogens with zero attached hydrogens (tertiary/aromatic N) is 4. The lowest BCUT2D eigenvalue weighted by molar-refractivity contribution is 0.0515. The van der Waals surface area contributed by atoms with Gasteiger partial charge in [-0.1, -0.05) is 6.07 Å². The predicted octanol–water partition coefficient (Wildman–Crippen LogP) is 0.564. The summed E-state index contributed by atoms with van der Waals surface area (Å²) in [6.07, 6.45) is 1.46. The molecule has 154 valence electrons. The Morgan fingerprint density at radius 1 is 1.00 bits per heavy atom. The van der Waals surface area contributed by atoms with Gasteiger partial charge in [-0.05, 0) is 38.4 Å². The normalized spacial score (nSPS) is 14.2. The number of rotatable bonds is 6. The van der Waals surface area contributed by atoms with Crippen LogP contribution in [0.5, 0.6) is 0 Å². The third-order valence-electron chi connectivity index (χ3n) is 4.63. The van der Waals surface area contributed by atoms with E-state index in [1.165, 1.54) is 6.26 Å². The van der Waals surface area contributed by atoms with E-state index in [2.05, 4.69) is 10.3 Å². The van der Waals surface area contributed by atoms with Crippen molar-refractivity contribution in [2.24, 2.45) is 0 Å². The number of likely N-dealkylation sites (N-methyl/N-ethyl adjacent to an activating group) is 1. The minimum absolute atomic E-state index is 0.184. The van der Waals surface area contributed by atoms with Gasteiger partial charge in [0.1, 0.15) is 11.4 Å². The Hall–Kier alpha value is -3.20. The van der Waals surface area contributed by atoms with Crippen LogP contribution in [0, 0.1) is 0 Å². The fourth-order valence-corrected chi connectivity index (χ4v) is 2.99. The summed E-state index contributed by atoms with van der Waals surface area (Å²) in [5.74, 6) is -0.454. The van der Waals surface area contributed by atoms with E-state index in [4.69, 9.17) is 4.42 Å². The van der Waals surface area contributed by atoms with E-state index in [9.17, 15) is 14.4 Å². The molecule has 1 N–H and O–H groups in total. The van der Waals surface area contributed by atoms with Crippen LogP contribution < -0.4 is 5.32 Å². The maximum atomic E-state index is 12.8. The van der Waals surface area contributed by atoms with Gasteiger partial charge in [0, 0.05) is 39.3 Å². The Morgan fingerprint density at radius 2 is 1.66 bits per heavy atom. The number of carbonyl (C=O) groups is 3. The van der Waals surface area contributed by atoms with Crippen molar-refractivity contribution < 1.29 is 18.8 Å². The van der Waals surface area contributed by atoms with Gasteiger partial charge in [-0.15, -0.1) is 0 Å². The molecule has 0 radical (unpaired) electrons. The zero-order chi connectivity index (χ0) is 20.8. The van der Waals surface area contributed by atoms with Crippen LogP contribution >= 0.6 is 0 Å². The van der Waals surface area contributed by atoms with Crippen LogP contribution in [0.1, 0.15) is 31.5 Å². The van der Waals surface area contributed by atoms with E-state index in [1.54, 1.807) is 40.1 Å². The lowest BCUT2D eigenvalue weighted by atomic mass is 10.2. The number of carbonyl (C=O) groups excluding carboxylic acids is 3. The lowest BCUT2D eigenvalue weighted by Gasteiger charge is -2.34. The van der Waals surface area contributed by atoms with Crippen molar-refractivity contribution in [2.75, 3.05) is 53.4 Å². The number of piperazine rings is 1. The quantitative estimate of drug-likeness (QED) is 0.762. The zero-order valence-electron chi connectivity index (χ0n) is 16.6. The molecule has 0 bridgehead atoms. The average Bonchev–Trinajstić information content (AvgIpc) is 3.27. The summed E-state index contributed by atoms with van der Waals surface area (Å²) in [5, 5.41) is 2.79. The van der Waals surface area contributed by atoms with E-state index in [1.807, 2.05) is 19.0 Å². The molecule has 3 heterocycles.